The molecule has 1 heterocycles. The molecule has 1 saturated heterocycles. The molecule has 5 heteroatoms. The minimum absolute atomic E-state index is 0.0527. The molecule has 0 spiro atoms. The molecule has 0 unspecified atom stereocenters. The van der Waals surface area contributed by atoms with Gasteiger partial charge in [-0.05, 0) is 24.5 Å². The van der Waals surface area contributed by atoms with Crippen LogP contribution in [0.5, 0.6) is 0 Å². The summed E-state index contributed by atoms with van der Waals surface area (Å²) in [6.07, 6.45) is 0.190. The Morgan fingerprint density at radius 1 is 1.37 bits per heavy atom. The lowest BCUT2D eigenvalue weighted by Crippen LogP contribution is -2.50. The zero-order valence-electron chi connectivity index (χ0n) is 10.9. The Bertz CT molecular complexity index is 481. The Morgan fingerprint density at radius 3 is 2.68 bits per heavy atom. The van der Waals surface area contributed by atoms with Gasteiger partial charge in [0, 0.05) is 18.8 Å². The second-order valence-electron chi connectivity index (χ2n) is 5.02. The number of carboxylic acids is 1. The first-order valence-corrected chi connectivity index (χ1v) is 6.34. The van der Waals surface area contributed by atoms with Crippen molar-refractivity contribution in [2.45, 2.75) is 13.3 Å². The highest BCUT2D eigenvalue weighted by Crippen LogP contribution is 2.19. The van der Waals surface area contributed by atoms with Crippen molar-refractivity contribution in [3.05, 3.63) is 29.8 Å². The van der Waals surface area contributed by atoms with E-state index in [2.05, 4.69) is 5.32 Å². The topological polar surface area (TPSA) is 69.6 Å². The van der Waals surface area contributed by atoms with Crippen LogP contribution in [0.4, 0.5) is 5.69 Å². The average molecular weight is 262 g/mol. The van der Waals surface area contributed by atoms with Crippen LogP contribution in [0.2, 0.25) is 0 Å². The van der Waals surface area contributed by atoms with Gasteiger partial charge in [-0.1, -0.05) is 18.2 Å². The summed E-state index contributed by atoms with van der Waals surface area (Å²) in [5.74, 6) is -0.638. The van der Waals surface area contributed by atoms with Crippen molar-refractivity contribution in [2.75, 3.05) is 25.0 Å². The van der Waals surface area contributed by atoms with E-state index in [1.165, 1.54) is 0 Å². The Hall–Kier alpha value is -1.88. The number of carboxylic acid groups (broad SMARTS) is 1. The van der Waals surface area contributed by atoms with Crippen molar-refractivity contribution < 1.29 is 14.7 Å². The first-order chi connectivity index (χ1) is 9.04. The maximum absolute atomic E-state index is 11.8. The molecule has 0 aromatic heterocycles. The summed E-state index contributed by atoms with van der Waals surface area (Å²) in [5.41, 5.74) is 1.86. The fourth-order valence-corrected chi connectivity index (χ4v) is 2.29. The van der Waals surface area contributed by atoms with Crippen LogP contribution >= 0.6 is 0 Å². The highest BCUT2D eigenvalue weighted by molar-refractivity contribution is 5.93. The van der Waals surface area contributed by atoms with Crippen molar-refractivity contribution in [2.24, 2.45) is 5.92 Å². The summed E-state index contributed by atoms with van der Waals surface area (Å²) in [4.78, 5) is 24.3. The van der Waals surface area contributed by atoms with E-state index >= 15 is 0 Å². The van der Waals surface area contributed by atoms with Gasteiger partial charge in [0.2, 0.25) is 5.91 Å². The second-order valence-corrected chi connectivity index (χ2v) is 5.02. The van der Waals surface area contributed by atoms with Crippen LogP contribution in [0.1, 0.15) is 12.0 Å². The molecule has 0 saturated carbocycles. The molecule has 19 heavy (non-hydrogen) atoms. The molecule has 0 bridgehead atoms. The van der Waals surface area contributed by atoms with Gasteiger partial charge in [-0.25, -0.2) is 0 Å². The lowest BCUT2D eigenvalue weighted by molar-refractivity contribution is -0.139. The molecule has 5 nitrogen and oxygen atoms in total. The van der Waals surface area contributed by atoms with Gasteiger partial charge in [-0.2, -0.15) is 0 Å². The molecule has 1 aromatic rings. The van der Waals surface area contributed by atoms with Crippen LogP contribution in [-0.2, 0) is 9.59 Å². The quantitative estimate of drug-likeness (QED) is 0.840. The second kappa shape index (κ2) is 5.84. The number of nitrogens with one attached hydrogen (secondary N) is 1. The van der Waals surface area contributed by atoms with Gasteiger partial charge in [0.1, 0.15) is 0 Å². The first-order valence-electron chi connectivity index (χ1n) is 6.34. The Labute approximate surface area is 112 Å². The number of carbonyl (C=O) groups is 2. The van der Waals surface area contributed by atoms with Gasteiger partial charge in [0.15, 0.2) is 0 Å². The summed E-state index contributed by atoms with van der Waals surface area (Å²) < 4.78 is 0. The smallest absolute Gasteiger partial charge is 0.303 e. The van der Waals surface area contributed by atoms with E-state index in [4.69, 9.17) is 5.11 Å². The highest BCUT2D eigenvalue weighted by Gasteiger charge is 2.29. The molecule has 0 atom stereocenters. The molecular weight excluding hydrogens is 244 g/mol. The molecule has 0 aliphatic carbocycles. The van der Waals surface area contributed by atoms with Crippen molar-refractivity contribution in [1.82, 2.24) is 4.90 Å². The van der Waals surface area contributed by atoms with E-state index in [0.29, 0.717) is 19.6 Å². The molecule has 2 rings (SSSR count). The van der Waals surface area contributed by atoms with Crippen molar-refractivity contribution in [1.29, 1.82) is 0 Å². The summed E-state index contributed by atoms with van der Waals surface area (Å²) in [5, 5.41) is 11.5. The number of hydrogen-bond donors (Lipinski definition) is 2. The van der Waals surface area contributed by atoms with Crippen LogP contribution < -0.4 is 5.32 Å². The number of rotatable bonds is 5. The maximum Gasteiger partial charge on any atom is 0.303 e. The normalized spacial score (nSPS) is 15.8. The summed E-state index contributed by atoms with van der Waals surface area (Å²) in [6, 6.07) is 7.63. The van der Waals surface area contributed by atoms with Gasteiger partial charge < -0.3 is 10.4 Å². The van der Waals surface area contributed by atoms with Gasteiger partial charge in [0.25, 0.3) is 0 Å². The number of aryl methyl sites for hydroxylation is 1. The molecule has 1 aliphatic rings. The van der Waals surface area contributed by atoms with E-state index in [1.54, 1.807) is 0 Å². The number of nitrogens with zero attached hydrogens (tertiary/aromatic N) is 1. The summed E-state index contributed by atoms with van der Waals surface area (Å²) >= 11 is 0. The Balaban J connectivity index is 1.75. The Kier molecular flexibility index (Phi) is 4.16. The predicted octanol–water partition coefficient (Wildman–Crippen LogP) is 1.34. The van der Waals surface area contributed by atoms with Crippen molar-refractivity contribution in [3.63, 3.8) is 0 Å². The van der Waals surface area contributed by atoms with Gasteiger partial charge in [-0.3, -0.25) is 14.5 Å². The minimum atomic E-state index is -0.769. The number of likely N-dealkylation sites (tertiary alicyclic amines) is 1. The van der Waals surface area contributed by atoms with E-state index in [1.807, 2.05) is 36.1 Å². The lowest BCUT2D eigenvalue weighted by Gasteiger charge is -2.37. The minimum Gasteiger partial charge on any atom is -0.481 e. The average Bonchev–Trinajstić information content (AvgIpc) is 2.29. The fourth-order valence-electron chi connectivity index (χ4n) is 2.29. The van der Waals surface area contributed by atoms with E-state index < -0.39 is 5.97 Å². The zero-order chi connectivity index (χ0) is 13.8. The first kappa shape index (κ1) is 13.5. The van der Waals surface area contributed by atoms with Crippen LogP contribution in [0.3, 0.4) is 0 Å². The molecular formula is C14H18N2O3. The summed E-state index contributed by atoms with van der Waals surface area (Å²) in [7, 11) is 0. The number of carbonyl (C=O) groups excluding carboxylic acids is 1. The number of aliphatic carboxylic acids is 1. The van der Waals surface area contributed by atoms with Crippen LogP contribution in [0.25, 0.3) is 0 Å². The summed E-state index contributed by atoms with van der Waals surface area (Å²) in [6.45, 7) is 3.65. The third kappa shape index (κ3) is 3.79. The predicted molar refractivity (Wildman–Crippen MR) is 72.0 cm³/mol. The van der Waals surface area contributed by atoms with Crippen LogP contribution in [-0.4, -0.2) is 41.5 Å². The molecule has 1 fully saturated rings. The molecule has 0 radical (unpaired) electrons. The molecule has 1 amide bonds. The van der Waals surface area contributed by atoms with Crippen LogP contribution in [0.15, 0.2) is 24.3 Å². The van der Waals surface area contributed by atoms with Crippen molar-refractivity contribution in [3.8, 4) is 0 Å². The maximum atomic E-state index is 11.8. The standard InChI is InChI=1S/C14H18N2O3/c1-10-4-2-3-5-12(10)15-13(17)9-16-7-11(8-16)6-14(18)19/h2-5,11H,6-9H2,1H3,(H,15,17)(H,18,19). The lowest BCUT2D eigenvalue weighted by atomic mass is 9.96. The van der Waals surface area contributed by atoms with E-state index in [0.717, 1.165) is 11.3 Å². The van der Waals surface area contributed by atoms with E-state index in [9.17, 15) is 9.59 Å². The Morgan fingerprint density at radius 2 is 2.05 bits per heavy atom. The number of benzene rings is 1. The molecule has 1 aromatic carbocycles. The number of amides is 1. The zero-order valence-corrected chi connectivity index (χ0v) is 10.9. The molecule has 2 N–H and O–H groups in total. The highest BCUT2D eigenvalue weighted by atomic mass is 16.4. The van der Waals surface area contributed by atoms with E-state index in [-0.39, 0.29) is 18.2 Å². The third-order valence-corrected chi connectivity index (χ3v) is 3.28. The SMILES string of the molecule is Cc1ccccc1NC(=O)CN1CC(CC(=O)O)C1. The largest absolute Gasteiger partial charge is 0.481 e. The number of para-hydroxylation sites is 1. The van der Waals surface area contributed by atoms with Gasteiger partial charge in [-0.15, -0.1) is 0 Å². The number of hydrogen-bond acceptors (Lipinski definition) is 3. The monoisotopic (exact) mass is 262 g/mol. The van der Waals surface area contributed by atoms with Crippen LogP contribution in [0, 0.1) is 12.8 Å². The molecule has 1 aliphatic heterocycles. The van der Waals surface area contributed by atoms with Gasteiger partial charge >= 0.3 is 5.97 Å². The fraction of sp³-hybridized carbons (Fsp3) is 0.429. The number of anilines is 1. The van der Waals surface area contributed by atoms with Crippen molar-refractivity contribution >= 4 is 17.6 Å². The van der Waals surface area contributed by atoms with Gasteiger partial charge in [0.05, 0.1) is 13.0 Å². The molecule has 102 valence electrons. The third-order valence-electron chi connectivity index (χ3n) is 3.28.